The number of aryl methyl sites for hydroxylation is 1. The van der Waals surface area contributed by atoms with Gasteiger partial charge >= 0.3 is 16.5 Å². The van der Waals surface area contributed by atoms with Crippen LogP contribution in [0.15, 0.2) is 4.36 Å². The van der Waals surface area contributed by atoms with Gasteiger partial charge in [0.25, 0.3) is 5.95 Å². The van der Waals surface area contributed by atoms with Crippen LogP contribution in [0.2, 0.25) is 0 Å². The lowest BCUT2D eigenvalue weighted by Crippen LogP contribution is -2.07. The van der Waals surface area contributed by atoms with Gasteiger partial charge in [0, 0.05) is 13.0 Å². The Morgan fingerprint density at radius 2 is 2.12 bits per heavy atom. The third-order valence-corrected chi connectivity index (χ3v) is 2.00. The molecule has 0 atom stereocenters. The number of urea groups is 1. The normalized spacial score (nSPS) is 10.2. The zero-order valence-corrected chi connectivity index (χ0v) is 9.82. The quantitative estimate of drug-likeness (QED) is 0.818. The van der Waals surface area contributed by atoms with Crippen molar-refractivity contribution in [3.05, 3.63) is 5.82 Å². The van der Waals surface area contributed by atoms with Gasteiger partial charge in [0.05, 0.1) is 0 Å². The van der Waals surface area contributed by atoms with Crippen molar-refractivity contribution >= 4 is 22.5 Å². The van der Waals surface area contributed by atoms with E-state index in [4.69, 9.17) is 0 Å². The molecule has 2 amide bonds. The van der Waals surface area contributed by atoms with Gasteiger partial charge in [-0.1, -0.05) is 18.2 Å². The number of amides is 2. The van der Waals surface area contributed by atoms with Crippen LogP contribution >= 0.6 is 0 Å². The summed E-state index contributed by atoms with van der Waals surface area (Å²) >= 11 is 0. The van der Waals surface area contributed by atoms with Gasteiger partial charge in [0.15, 0.2) is 0 Å². The highest BCUT2D eigenvalue weighted by atomic mass is 32.2. The molecule has 0 aliphatic heterocycles. The summed E-state index contributed by atoms with van der Waals surface area (Å²) in [5, 5.41) is 6.04. The predicted molar refractivity (Wildman–Crippen MR) is 55.5 cm³/mol. The monoisotopic (exact) mass is 245 g/mol. The van der Waals surface area contributed by atoms with E-state index in [1.165, 1.54) is 4.68 Å². The number of nitrogens with one attached hydrogen (secondary N) is 1. The van der Waals surface area contributed by atoms with Crippen molar-refractivity contribution in [3.63, 3.8) is 0 Å². The molecule has 1 aromatic rings. The number of hydrogen-bond acceptors (Lipinski definition) is 5. The lowest BCUT2D eigenvalue weighted by Gasteiger charge is -2.00. The molecule has 1 aromatic heterocycles. The molecule has 9 heteroatoms. The molecule has 0 bridgehead atoms. The Kier molecular flexibility index (Phi) is 3.72. The van der Waals surface area contributed by atoms with E-state index >= 15 is 0 Å². The van der Waals surface area contributed by atoms with E-state index < -0.39 is 16.5 Å². The average molecular weight is 245 g/mol. The van der Waals surface area contributed by atoms with E-state index in [9.17, 15) is 13.2 Å². The SMILES string of the molecule is CC(C)c1nc(NC(=O)N=S(=O)=O)nn1C. The third-order valence-electron chi connectivity index (χ3n) is 1.69. The largest absolute Gasteiger partial charge is 0.362 e. The summed E-state index contributed by atoms with van der Waals surface area (Å²) in [4.78, 5) is 15.0. The summed E-state index contributed by atoms with van der Waals surface area (Å²) in [6.45, 7) is 3.85. The number of nitrogens with zero attached hydrogens (tertiary/aromatic N) is 4. The number of aromatic nitrogens is 3. The Morgan fingerprint density at radius 1 is 1.50 bits per heavy atom. The summed E-state index contributed by atoms with van der Waals surface area (Å²) in [6.07, 6.45) is 0. The second kappa shape index (κ2) is 4.84. The van der Waals surface area contributed by atoms with Crippen molar-refractivity contribution in [3.8, 4) is 0 Å². The van der Waals surface area contributed by atoms with E-state index in [1.54, 1.807) is 7.05 Å². The van der Waals surface area contributed by atoms with E-state index in [1.807, 2.05) is 13.8 Å². The minimum Gasteiger partial charge on any atom is -0.272 e. The van der Waals surface area contributed by atoms with Gasteiger partial charge in [-0.2, -0.15) is 13.4 Å². The maximum absolute atomic E-state index is 11.0. The summed E-state index contributed by atoms with van der Waals surface area (Å²) in [5.41, 5.74) is 0. The van der Waals surface area contributed by atoms with Crippen molar-refractivity contribution in [2.45, 2.75) is 19.8 Å². The van der Waals surface area contributed by atoms with Gasteiger partial charge in [-0.15, -0.1) is 5.10 Å². The van der Waals surface area contributed by atoms with Gasteiger partial charge in [-0.25, -0.2) is 4.79 Å². The Labute approximate surface area is 93.4 Å². The Hall–Kier alpha value is -1.77. The fourth-order valence-corrected chi connectivity index (χ4v) is 1.32. The van der Waals surface area contributed by atoms with Crippen LogP contribution in [0.3, 0.4) is 0 Å². The zero-order valence-electron chi connectivity index (χ0n) is 9.00. The topological polar surface area (TPSA) is 106 Å². The summed E-state index contributed by atoms with van der Waals surface area (Å²) in [7, 11) is -1.09. The first kappa shape index (κ1) is 12.3. The molecule has 16 heavy (non-hydrogen) atoms. The minimum atomic E-state index is -2.78. The fourth-order valence-electron chi connectivity index (χ4n) is 1.14. The lowest BCUT2D eigenvalue weighted by atomic mass is 10.2. The van der Waals surface area contributed by atoms with Crippen LogP contribution in [-0.2, 0) is 17.5 Å². The van der Waals surface area contributed by atoms with Gasteiger partial charge in [0.1, 0.15) is 5.82 Å². The van der Waals surface area contributed by atoms with Crippen molar-refractivity contribution in [1.82, 2.24) is 14.8 Å². The first-order valence-corrected chi connectivity index (χ1v) is 5.46. The Bertz CT molecular complexity index is 522. The van der Waals surface area contributed by atoms with Gasteiger partial charge in [-0.3, -0.25) is 10.00 Å². The average Bonchev–Trinajstić information content (AvgIpc) is 2.44. The molecule has 0 spiro atoms. The van der Waals surface area contributed by atoms with Crippen LogP contribution in [0.1, 0.15) is 25.6 Å². The molecular weight excluding hydrogens is 234 g/mol. The maximum Gasteiger partial charge on any atom is 0.362 e. The fraction of sp³-hybridized carbons (Fsp3) is 0.571. The molecule has 8 nitrogen and oxygen atoms in total. The molecule has 0 aliphatic rings. The standard InChI is InChI=1S/C7H11N5O3S/c1-4(2)5-8-6(10-12(5)3)9-7(13)11-16(14)15/h4H,1-3H3,(H,9,10,13). The molecule has 1 rings (SSSR count). The number of anilines is 1. The predicted octanol–water partition coefficient (Wildman–Crippen LogP) is 0.533. The van der Waals surface area contributed by atoms with Crippen LogP contribution in [0.5, 0.6) is 0 Å². The van der Waals surface area contributed by atoms with Crippen LogP contribution in [0, 0.1) is 0 Å². The van der Waals surface area contributed by atoms with Gasteiger partial charge in [0.2, 0.25) is 0 Å². The molecule has 88 valence electrons. The smallest absolute Gasteiger partial charge is 0.272 e. The summed E-state index contributed by atoms with van der Waals surface area (Å²) < 4.78 is 24.5. The van der Waals surface area contributed by atoms with Crippen LogP contribution in [-0.4, -0.2) is 29.2 Å². The van der Waals surface area contributed by atoms with Crippen molar-refractivity contribution in [2.24, 2.45) is 11.4 Å². The van der Waals surface area contributed by atoms with Gasteiger partial charge < -0.3 is 0 Å². The summed E-state index contributed by atoms with van der Waals surface area (Å²) in [5.74, 6) is 0.859. The van der Waals surface area contributed by atoms with E-state index in [2.05, 4.69) is 19.8 Å². The Balaban J connectivity index is 2.87. The summed E-state index contributed by atoms with van der Waals surface area (Å²) in [6, 6.07) is -1.02. The number of hydrogen-bond donors (Lipinski definition) is 1. The van der Waals surface area contributed by atoms with Gasteiger partial charge in [-0.05, 0) is 0 Å². The number of rotatable bonds is 2. The molecular formula is C7H11N5O3S. The highest BCUT2D eigenvalue weighted by molar-refractivity contribution is 7.62. The van der Waals surface area contributed by atoms with E-state index in [0.717, 1.165) is 0 Å². The highest BCUT2D eigenvalue weighted by Crippen LogP contribution is 2.12. The van der Waals surface area contributed by atoms with Crippen molar-refractivity contribution in [1.29, 1.82) is 0 Å². The van der Waals surface area contributed by atoms with Crippen LogP contribution in [0.25, 0.3) is 0 Å². The third kappa shape index (κ3) is 3.12. The second-order valence-corrected chi connectivity index (χ2v) is 3.93. The molecule has 0 aromatic carbocycles. The molecule has 0 aliphatic carbocycles. The first-order valence-electron chi connectivity index (χ1n) is 4.43. The molecule has 0 saturated carbocycles. The highest BCUT2D eigenvalue weighted by Gasteiger charge is 2.12. The van der Waals surface area contributed by atoms with Crippen molar-refractivity contribution in [2.75, 3.05) is 5.32 Å². The molecule has 1 heterocycles. The van der Waals surface area contributed by atoms with E-state index in [-0.39, 0.29) is 11.9 Å². The lowest BCUT2D eigenvalue weighted by molar-refractivity contribution is 0.259. The minimum absolute atomic E-state index is 0.0328. The first-order chi connectivity index (χ1) is 7.40. The molecule has 0 fully saturated rings. The molecule has 1 N–H and O–H groups in total. The van der Waals surface area contributed by atoms with Crippen molar-refractivity contribution < 1.29 is 13.2 Å². The number of carbonyl (C=O) groups is 1. The van der Waals surface area contributed by atoms with Crippen LogP contribution < -0.4 is 5.32 Å². The van der Waals surface area contributed by atoms with Crippen LogP contribution in [0.4, 0.5) is 10.7 Å². The second-order valence-electron chi connectivity index (χ2n) is 3.31. The Morgan fingerprint density at radius 3 is 2.56 bits per heavy atom. The molecule has 0 saturated heterocycles. The zero-order chi connectivity index (χ0) is 12.3. The molecule has 0 radical (unpaired) electrons. The van der Waals surface area contributed by atoms with E-state index in [0.29, 0.717) is 5.82 Å². The number of carbonyl (C=O) groups excluding carboxylic acids is 1. The molecule has 0 unspecified atom stereocenters. The maximum atomic E-state index is 11.0.